The lowest BCUT2D eigenvalue weighted by molar-refractivity contribution is 0.0950. The lowest BCUT2D eigenvalue weighted by atomic mass is 10.2. The first-order valence-corrected chi connectivity index (χ1v) is 11.1. The second-order valence-corrected chi connectivity index (χ2v) is 8.80. The van der Waals surface area contributed by atoms with Gasteiger partial charge in [-0.25, -0.2) is 13.4 Å². The van der Waals surface area contributed by atoms with E-state index in [9.17, 15) is 13.2 Å². The summed E-state index contributed by atoms with van der Waals surface area (Å²) in [5, 5.41) is 4.69. The highest BCUT2D eigenvalue weighted by atomic mass is 32.2. The third-order valence-electron chi connectivity index (χ3n) is 4.17. The van der Waals surface area contributed by atoms with E-state index in [4.69, 9.17) is 4.42 Å². The van der Waals surface area contributed by atoms with Crippen LogP contribution in [0.2, 0.25) is 0 Å². The second-order valence-electron chi connectivity index (χ2n) is 5.92. The third kappa shape index (κ3) is 4.32. The van der Waals surface area contributed by atoms with Gasteiger partial charge in [0.25, 0.3) is 5.91 Å². The maximum atomic E-state index is 12.5. The largest absolute Gasteiger partial charge is 0.443 e. The SMILES string of the molecule is CCN(CC)S(=O)(=O)c1ccc(C(=O)NCc2coc(-c3cccs3)n2)cc1. The van der Waals surface area contributed by atoms with Crippen molar-refractivity contribution >= 4 is 27.3 Å². The molecule has 0 fully saturated rings. The Bertz CT molecular complexity index is 1020. The minimum Gasteiger partial charge on any atom is -0.443 e. The number of amides is 1. The number of carbonyl (C=O) groups is 1. The Balaban J connectivity index is 1.64. The first-order valence-electron chi connectivity index (χ1n) is 8.82. The maximum Gasteiger partial charge on any atom is 0.251 e. The molecule has 148 valence electrons. The van der Waals surface area contributed by atoms with Crippen LogP contribution in [0.1, 0.15) is 29.9 Å². The summed E-state index contributed by atoms with van der Waals surface area (Å²) < 4.78 is 31.8. The molecule has 0 radical (unpaired) electrons. The number of rotatable bonds is 8. The van der Waals surface area contributed by atoms with Crippen LogP contribution in [0.15, 0.2) is 57.4 Å². The molecule has 7 nitrogen and oxygen atoms in total. The molecule has 3 rings (SSSR count). The Hall–Kier alpha value is -2.49. The van der Waals surface area contributed by atoms with Crippen LogP contribution in [0, 0.1) is 0 Å². The number of benzene rings is 1. The molecule has 1 N–H and O–H groups in total. The van der Waals surface area contributed by atoms with Gasteiger partial charge in [0.05, 0.1) is 22.0 Å². The number of sulfonamides is 1. The van der Waals surface area contributed by atoms with Crippen molar-refractivity contribution in [2.24, 2.45) is 0 Å². The van der Waals surface area contributed by atoms with E-state index in [-0.39, 0.29) is 17.3 Å². The van der Waals surface area contributed by atoms with Crippen molar-refractivity contribution in [3.8, 4) is 10.8 Å². The quantitative estimate of drug-likeness (QED) is 0.604. The molecule has 28 heavy (non-hydrogen) atoms. The van der Waals surface area contributed by atoms with Gasteiger partial charge in [-0.05, 0) is 35.7 Å². The standard InChI is InChI=1S/C19H21N3O4S2/c1-3-22(4-2)28(24,25)16-9-7-14(8-10-16)18(23)20-12-15-13-26-19(21-15)17-6-5-11-27-17/h5-11,13H,3-4,12H2,1-2H3,(H,20,23). The van der Waals surface area contributed by atoms with Crippen molar-refractivity contribution in [1.82, 2.24) is 14.6 Å². The highest BCUT2D eigenvalue weighted by Crippen LogP contribution is 2.23. The van der Waals surface area contributed by atoms with Crippen LogP contribution < -0.4 is 5.32 Å². The van der Waals surface area contributed by atoms with E-state index >= 15 is 0 Å². The average molecular weight is 420 g/mol. The molecular formula is C19H21N3O4S2. The first kappa shape index (κ1) is 20.2. The molecule has 0 aliphatic heterocycles. The Labute approximate surface area is 168 Å². The molecule has 9 heteroatoms. The van der Waals surface area contributed by atoms with E-state index in [1.807, 2.05) is 17.5 Å². The summed E-state index contributed by atoms with van der Waals surface area (Å²) in [4.78, 5) is 17.8. The molecule has 0 spiro atoms. The van der Waals surface area contributed by atoms with E-state index in [1.54, 1.807) is 13.8 Å². The molecule has 0 aliphatic carbocycles. The van der Waals surface area contributed by atoms with E-state index < -0.39 is 10.0 Å². The van der Waals surface area contributed by atoms with Gasteiger partial charge < -0.3 is 9.73 Å². The van der Waals surface area contributed by atoms with Crippen molar-refractivity contribution in [2.75, 3.05) is 13.1 Å². The van der Waals surface area contributed by atoms with Gasteiger partial charge in [0.15, 0.2) is 0 Å². The summed E-state index contributed by atoms with van der Waals surface area (Å²) in [6.07, 6.45) is 1.51. The Morgan fingerprint density at radius 1 is 1.18 bits per heavy atom. The number of nitrogens with one attached hydrogen (secondary N) is 1. The van der Waals surface area contributed by atoms with Crippen LogP contribution in [0.25, 0.3) is 10.8 Å². The van der Waals surface area contributed by atoms with Crippen molar-refractivity contribution < 1.29 is 17.6 Å². The van der Waals surface area contributed by atoms with E-state index in [0.717, 1.165) is 4.88 Å². The van der Waals surface area contributed by atoms with Gasteiger partial charge in [-0.2, -0.15) is 4.31 Å². The molecule has 1 aromatic carbocycles. The number of thiophene rings is 1. The number of aromatic nitrogens is 1. The Morgan fingerprint density at radius 2 is 1.89 bits per heavy atom. The topological polar surface area (TPSA) is 92.5 Å². The molecule has 0 unspecified atom stereocenters. The third-order valence-corrected chi connectivity index (χ3v) is 7.10. The zero-order valence-electron chi connectivity index (χ0n) is 15.6. The molecule has 0 atom stereocenters. The van der Waals surface area contributed by atoms with Crippen LogP contribution in [0.4, 0.5) is 0 Å². The zero-order valence-corrected chi connectivity index (χ0v) is 17.2. The minimum atomic E-state index is -3.54. The smallest absolute Gasteiger partial charge is 0.251 e. The molecule has 0 aliphatic rings. The Kier molecular flexibility index (Phi) is 6.28. The molecule has 1 amide bonds. The van der Waals surface area contributed by atoms with Crippen LogP contribution in [-0.4, -0.2) is 36.7 Å². The van der Waals surface area contributed by atoms with Gasteiger partial charge in [-0.15, -0.1) is 11.3 Å². The van der Waals surface area contributed by atoms with Crippen LogP contribution in [0.3, 0.4) is 0 Å². The average Bonchev–Trinajstić information content (AvgIpc) is 3.38. The first-order chi connectivity index (χ1) is 13.5. The molecule has 3 aromatic rings. The summed E-state index contributed by atoms with van der Waals surface area (Å²) in [5.41, 5.74) is 0.984. The van der Waals surface area contributed by atoms with Crippen LogP contribution in [-0.2, 0) is 16.6 Å². The predicted octanol–water partition coefficient (Wildman–Crippen LogP) is 3.36. The van der Waals surface area contributed by atoms with Crippen molar-refractivity contribution in [3.63, 3.8) is 0 Å². The predicted molar refractivity (Wildman–Crippen MR) is 108 cm³/mol. The Morgan fingerprint density at radius 3 is 2.50 bits per heavy atom. The minimum absolute atomic E-state index is 0.171. The van der Waals surface area contributed by atoms with Gasteiger partial charge in [-0.3, -0.25) is 4.79 Å². The summed E-state index contributed by atoms with van der Waals surface area (Å²) in [6, 6.07) is 9.74. The van der Waals surface area contributed by atoms with Gasteiger partial charge in [0.1, 0.15) is 6.26 Å². The van der Waals surface area contributed by atoms with Crippen molar-refractivity contribution in [1.29, 1.82) is 0 Å². The van der Waals surface area contributed by atoms with Gasteiger partial charge >= 0.3 is 0 Å². The monoisotopic (exact) mass is 419 g/mol. The molecule has 0 saturated heterocycles. The van der Waals surface area contributed by atoms with Crippen molar-refractivity contribution in [3.05, 3.63) is 59.3 Å². The summed E-state index contributed by atoms with van der Waals surface area (Å²) in [6.45, 7) is 4.58. The fourth-order valence-corrected chi connectivity index (χ4v) is 4.78. The fraction of sp³-hybridized carbons (Fsp3) is 0.263. The van der Waals surface area contributed by atoms with Gasteiger partial charge in [0, 0.05) is 18.7 Å². The maximum absolute atomic E-state index is 12.5. The van der Waals surface area contributed by atoms with E-state index in [1.165, 1.54) is 46.2 Å². The normalized spacial score (nSPS) is 11.7. The lowest BCUT2D eigenvalue weighted by Gasteiger charge is -2.18. The van der Waals surface area contributed by atoms with Crippen molar-refractivity contribution in [2.45, 2.75) is 25.3 Å². The molecule has 2 aromatic heterocycles. The zero-order chi connectivity index (χ0) is 20.1. The molecule has 2 heterocycles. The molecule has 0 bridgehead atoms. The molecular weight excluding hydrogens is 398 g/mol. The summed E-state index contributed by atoms with van der Waals surface area (Å²) in [7, 11) is -3.54. The van der Waals surface area contributed by atoms with Crippen LogP contribution >= 0.6 is 11.3 Å². The number of hydrogen-bond acceptors (Lipinski definition) is 6. The lowest BCUT2D eigenvalue weighted by Crippen LogP contribution is -2.30. The fourth-order valence-electron chi connectivity index (χ4n) is 2.67. The second kappa shape index (κ2) is 8.68. The summed E-state index contributed by atoms with van der Waals surface area (Å²) >= 11 is 1.52. The summed E-state index contributed by atoms with van der Waals surface area (Å²) in [5.74, 6) is 0.206. The van der Waals surface area contributed by atoms with E-state index in [2.05, 4.69) is 10.3 Å². The van der Waals surface area contributed by atoms with Crippen LogP contribution in [0.5, 0.6) is 0 Å². The number of carbonyl (C=O) groups excluding carboxylic acids is 1. The van der Waals surface area contributed by atoms with Gasteiger partial charge in [-0.1, -0.05) is 19.9 Å². The van der Waals surface area contributed by atoms with Gasteiger partial charge in [0.2, 0.25) is 15.9 Å². The highest BCUT2D eigenvalue weighted by molar-refractivity contribution is 7.89. The number of nitrogens with zero attached hydrogens (tertiary/aromatic N) is 2. The van der Waals surface area contributed by atoms with E-state index in [0.29, 0.717) is 30.2 Å². The molecule has 0 saturated carbocycles. The number of hydrogen-bond donors (Lipinski definition) is 1. The highest BCUT2D eigenvalue weighted by Gasteiger charge is 2.21. The number of oxazole rings is 1.